The molecule has 2 rings (SSSR count). The number of rotatable bonds is 2. The third-order valence-electron chi connectivity index (χ3n) is 3.64. The average molecular weight is 399 g/mol. The third-order valence-corrected chi connectivity index (χ3v) is 4.76. The van der Waals surface area contributed by atoms with E-state index in [-0.39, 0.29) is 18.4 Å². The molecule has 1 unspecified atom stereocenters. The molecule has 5 heteroatoms. The first-order valence-corrected chi connectivity index (χ1v) is 7.68. The van der Waals surface area contributed by atoms with Gasteiger partial charge in [0.25, 0.3) is 0 Å². The van der Waals surface area contributed by atoms with Crippen molar-refractivity contribution in [3.05, 3.63) is 26.6 Å². The van der Waals surface area contributed by atoms with E-state index in [2.05, 4.69) is 37.9 Å². The Morgan fingerprint density at radius 3 is 2.33 bits per heavy atom. The van der Waals surface area contributed by atoms with Gasteiger partial charge in [-0.2, -0.15) is 0 Å². The summed E-state index contributed by atoms with van der Waals surface area (Å²) in [6.45, 7) is 0. The Kier molecular flexibility index (Phi) is 6.45. The van der Waals surface area contributed by atoms with Crippen LogP contribution in [0.2, 0.25) is 0 Å². The molecule has 4 N–H and O–H groups in total. The highest BCUT2D eigenvalue weighted by molar-refractivity contribution is 9.11. The molecule has 1 aromatic carbocycles. The van der Waals surface area contributed by atoms with Crippen molar-refractivity contribution >= 4 is 50.0 Å². The molecule has 0 amide bonds. The van der Waals surface area contributed by atoms with Crippen molar-refractivity contribution in [2.75, 3.05) is 5.73 Å². The topological polar surface area (TPSA) is 52.0 Å². The SMILES string of the molecule is Cl.Nc1c(Br)cc(Br)cc1C(N)C1CCCCC1. The number of benzene rings is 1. The van der Waals surface area contributed by atoms with E-state index >= 15 is 0 Å². The minimum absolute atomic E-state index is 0. The molecule has 0 radical (unpaired) electrons. The molecule has 0 heterocycles. The van der Waals surface area contributed by atoms with E-state index in [1.165, 1.54) is 32.1 Å². The fraction of sp³-hybridized carbons (Fsp3) is 0.538. The quantitative estimate of drug-likeness (QED) is 0.704. The first kappa shape index (κ1) is 16.3. The van der Waals surface area contributed by atoms with Crippen molar-refractivity contribution in [2.24, 2.45) is 11.7 Å². The summed E-state index contributed by atoms with van der Waals surface area (Å²) < 4.78 is 1.95. The Labute approximate surface area is 132 Å². The number of nitrogens with two attached hydrogens (primary N) is 2. The predicted octanol–water partition coefficient (Wildman–Crippen LogP) is 4.80. The van der Waals surface area contributed by atoms with Crippen LogP contribution in [0.25, 0.3) is 0 Å². The van der Waals surface area contributed by atoms with Gasteiger partial charge < -0.3 is 11.5 Å². The normalized spacial score (nSPS) is 18.2. The van der Waals surface area contributed by atoms with E-state index in [1.54, 1.807) is 0 Å². The molecule has 0 aromatic heterocycles. The Morgan fingerprint density at radius 2 is 1.72 bits per heavy atom. The smallest absolute Gasteiger partial charge is 0.0507 e. The molecule has 1 atom stereocenters. The fourth-order valence-corrected chi connectivity index (χ4v) is 3.89. The molecule has 2 nitrogen and oxygen atoms in total. The van der Waals surface area contributed by atoms with Crippen LogP contribution in [0.3, 0.4) is 0 Å². The number of nitrogen functional groups attached to an aromatic ring is 1. The lowest BCUT2D eigenvalue weighted by Crippen LogP contribution is -2.24. The van der Waals surface area contributed by atoms with Crippen molar-refractivity contribution in [3.63, 3.8) is 0 Å². The Hall–Kier alpha value is 0.230. The number of halogens is 3. The molecule has 1 fully saturated rings. The molecule has 0 saturated heterocycles. The lowest BCUT2D eigenvalue weighted by molar-refractivity contribution is 0.308. The maximum atomic E-state index is 6.39. The van der Waals surface area contributed by atoms with Gasteiger partial charge in [-0.15, -0.1) is 12.4 Å². The van der Waals surface area contributed by atoms with E-state index in [0.29, 0.717) is 5.92 Å². The van der Waals surface area contributed by atoms with Gasteiger partial charge in [0.1, 0.15) is 0 Å². The fourth-order valence-electron chi connectivity index (χ4n) is 2.63. The lowest BCUT2D eigenvalue weighted by Gasteiger charge is -2.28. The summed E-state index contributed by atoms with van der Waals surface area (Å²) >= 11 is 6.98. The average Bonchev–Trinajstić information content (AvgIpc) is 2.34. The summed E-state index contributed by atoms with van der Waals surface area (Å²) in [4.78, 5) is 0. The van der Waals surface area contributed by atoms with Crippen LogP contribution in [0.4, 0.5) is 5.69 Å². The van der Waals surface area contributed by atoms with Crippen LogP contribution in [0.15, 0.2) is 21.1 Å². The van der Waals surface area contributed by atoms with Crippen LogP contribution in [0, 0.1) is 5.92 Å². The van der Waals surface area contributed by atoms with Gasteiger partial charge in [0.15, 0.2) is 0 Å². The standard InChI is InChI=1S/C13H18Br2N2.ClH/c14-9-6-10(13(17)11(15)7-9)12(16)8-4-2-1-3-5-8;/h6-8,12H,1-5,16-17H2;1H. The lowest BCUT2D eigenvalue weighted by atomic mass is 9.81. The van der Waals surface area contributed by atoms with Gasteiger partial charge >= 0.3 is 0 Å². The van der Waals surface area contributed by atoms with E-state index in [4.69, 9.17) is 11.5 Å². The molecule has 1 aromatic rings. The van der Waals surface area contributed by atoms with Crippen molar-refractivity contribution in [2.45, 2.75) is 38.1 Å². The number of anilines is 1. The molecule has 1 aliphatic carbocycles. The molecular formula is C13H19Br2ClN2. The first-order valence-electron chi connectivity index (χ1n) is 6.09. The summed E-state index contributed by atoms with van der Waals surface area (Å²) in [6, 6.07) is 4.08. The van der Waals surface area contributed by atoms with Crippen LogP contribution in [0.1, 0.15) is 43.7 Å². The highest BCUT2D eigenvalue weighted by atomic mass is 79.9. The largest absolute Gasteiger partial charge is 0.398 e. The van der Waals surface area contributed by atoms with E-state index in [9.17, 15) is 0 Å². The van der Waals surface area contributed by atoms with Crippen molar-refractivity contribution in [3.8, 4) is 0 Å². The summed E-state index contributed by atoms with van der Waals surface area (Å²) in [5.41, 5.74) is 14.3. The third kappa shape index (κ3) is 3.62. The second kappa shape index (κ2) is 7.13. The second-order valence-electron chi connectivity index (χ2n) is 4.81. The maximum absolute atomic E-state index is 6.39. The zero-order valence-electron chi connectivity index (χ0n) is 10.2. The first-order chi connectivity index (χ1) is 8.09. The molecular weight excluding hydrogens is 379 g/mol. The molecule has 102 valence electrons. The van der Waals surface area contributed by atoms with Crippen LogP contribution in [-0.4, -0.2) is 0 Å². The monoisotopic (exact) mass is 396 g/mol. The predicted molar refractivity (Wildman–Crippen MR) is 87.0 cm³/mol. The van der Waals surface area contributed by atoms with Gasteiger partial charge in [-0.3, -0.25) is 0 Å². The second-order valence-corrected chi connectivity index (χ2v) is 6.58. The van der Waals surface area contributed by atoms with E-state index in [0.717, 1.165) is 20.2 Å². The minimum Gasteiger partial charge on any atom is -0.398 e. The van der Waals surface area contributed by atoms with Crippen LogP contribution < -0.4 is 11.5 Å². The molecule has 1 saturated carbocycles. The summed E-state index contributed by atoms with van der Waals surface area (Å²) in [6.07, 6.45) is 6.40. The van der Waals surface area contributed by atoms with Crippen LogP contribution in [0.5, 0.6) is 0 Å². The van der Waals surface area contributed by atoms with Gasteiger partial charge in [-0.25, -0.2) is 0 Å². The van der Waals surface area contributed by atoms with Gasteiger partial charge in [0.2, 0.25) is 0 Å². The highest BCUT2D eigenvalue weighted by Crippen LogP contribution is 2.38. The minimum atomic E-state index is 0. The van der Waals surface area contributed by atoms with Crippen LogP contribution >= 0.6 is 44.3 Å². The molecule has 0 spiro atoms. The van der Waals surface area contributed by atoms with Crippen molar-refractivity contribution in [1.29, 1.82) is 0 Å². The summed E-state index contributed by atoms with van der Waals surface area (Å²) in [5.74, 6) is 0.576. The van der Waals surface area contributed by atoms with E-state index < -0.39 is 0 Å². The Bertz CT molecular complexity index is 406. The van der Waals surface area contributed by atoms with Crippen molar-refractivity contribution < 1.29 is 0 Å². The molecule has 0 aliphatic heterocycles. The van der Waals surface area contributed by atoms with Crippen LogP contribution in [-0.2, 0) is 0 Å². The summed E-state index contributed by atoms with van der Waals surface area (Å²) in [7, 11) is 0. The molecule has 0 bridgehead atoms. The number of hydrogen-bond donors (Lipinski definition) is 2. The Morgan fingerprint density at radius 1 is 1.11 bits per heavy atom. The molecule has 1 aliphatic rings. The molecule has 18 heavy (non-hydrogen) atoms. The van der Waals surface area contributed by atoms with E-state index in [1.807, 2.05) is 6.07 Å². The highest BCUT2D eigenvalue weighted by Gasteiger charge is 2.24. The summed E-state index contributed by atoms with van der Waals surface area (Å²) in [5, 5.41) is 0. The maximum Gasteiger partial charge on any atom is 0.0507 e. The van der Waals surface area contributed by atoms with Gasteiger partial charge in [-0.1, -0.05) is 35.2 Å². The van der Waals surface area contributed by atoms with Crippen molar-refractivity contribution in [1.82, 2.24) is 0 Å². The Balaban J connectivity index is 0.00000162. The number of hydrogen-bond acceptors (Lipinski definition) is 2. The zero-order chi connectivity index (χ0) is 12.4. The van der Waals surface area contributed by atoms with Gasteiger partial charge in [0.05, 0.1) is 5.69 Å². The zero-order valence-corrected chi connectivity index (χ0v) is 14.2. The van der Waals surface area contributed by atoms with Gasteiger partial charge in [0, 0.05) is 15.0 Å². The van der Waals surface area contributed by atoms with Gasteiger partial charge in [-0.05, 0) is 52.4 Å².